The predicted octanol–water partition coefficient (Wildman–Crippen LogP) is 1.81. The number of rotatable bonds is 5. The first-order chi connectivity index (χ1) is 10.1. The lowest BCUT2D eigenvalue weighted by Crippen LogP contribution is -2.36. The maximum atomic E-state index is 6.39. The van der Waals surface area contributed by atoms with E-state index in [0.717, 1.165) is 49.7 Å². The monoisotopic (exact) mass is 294 g/mol. The fourth-order valence-corrected chi connectivity index (χ4v) is 2.75. The molecule has 0 radical (unpaired) electrons. The third-order valence-corrected chi connectivity index (χ3v) is 3.83. The zero-order valence-electron chi connectivity index (χ0n) is 13.2. The van der Waals surface area contributed by atoms with E-state index in [4.69, 9.17) is 19.9 Å². The van der Waals surface area contributed by atoms with Gasteiger partial charge in [-0.05, 0) is 19.4 Å². The Morgan fingerprint density at radius 3 is 2.90 bits per heavy atom. The summed E-state index contributed by atoms with van der Waals surface area (Å²) in [4.78, 5) is 2.37. The molecule has 1 fully saturated rings. The van der Waals surface area contributed by atoms with Gasteiger partial charge in [-0.15, -0.1) is 0 Å². The van der Waals surface area contributed by atoms with Crippen molar-refractivity contribution in [3.8, 4) is 11.5 Å². The molecule has 1 aromatic rings. The van der Waals surface area contributed by atoms with Crippen LogP contribution in [0.2, 0.25) is 0 Å². The van der Waals surface area contributed by atoms with E-state index in [1.807, 2.05) is 18.2 Å². The van der Waals surface area contributed by atoms with Crippen molar-refractivity contribution < 1.29 is 14.2 Å². The topological polar surface area (TPSA) is 57.0 Å². The molecule has 1 saturated heterocycles. The summed E-state index contributed by atoms with van der Waals surface area (Å²) in [5, 5.41) is 0. The lowest BCUT2D eigenvalue weighted by Gasteiger charge is -2.26. The molecule has 118 valence electrons. The molecule has 2 atom stereocenters. The van der Waals surface area contributed by atoms with E-state index in [1.54, 1.807) is 14.2 Å². The summed E-state index contributed by atoms with van der Waals surface area (Å²) in [5.41, 5.74) is 7.40. The van der Waals surface area contributed by atoms with Gasteiger partial charge in [-0.1, -0.05) is 6.07 Å². The molecular formula is C16H26N2O3. The minimum Gasteiger partial charge on any atom is -0.497 e. The normalized spacial score (nSPS) is 21.6. The van der Waals surface area contributed by atoms with Crippen molar-refractivity contribution in [2.45, 2.75) is 25.5 Å². The standard InChI is InChI=1S/C16H26N2O3/c1-12-10-18(7-4-8-21-12)11-15(17)14-6-5-13(19-2)9-16(14)20-3/h5-6,9,12,15H,4,7-8,10-11,17H2,1-3H3. The Kier molecular flexibility index (Phi) is 5.85. The van der Waals surface area contributed by atoms with E-state index in [2.05, 4.69) is 11.8 Å². The van der Waals surface area contributed by atoms with Gasteiger partial charge in [0.05, 0.1) is 20.3 Å². The zero-order valence-corrected chi connectivity index (χ0v) is 13.2. The van der Waals surface area contributed by atoms with Gasteiger partial charge in [0.1, 0.15) is 11.5 Å². The molecule has 0 aromatic heterocycles. The molecular weight excluding hydrogens is 268 g/mol. The number of benzene rings is 1. The molecule has 0 saturated carbocycles. The highest BCUT2D eigenvalue weighted by molar-refractivity contribution is 5.42. The van der Waals surface area contributed by atoms with Gasteiger partial charge in [0, 0.05) is 43.9 Å². The molecule has 2 N–H and O–H groups in total. The summed E-state index contributed by atoms with van der Waals surface area (Å²) in [7, 11) is 3.31. The molecule has 0 aliphatic carbocycles. The van der Waals surface area contributed by atoms with Crippen LogP contribution in [-0.4, -0.2) is 51.5 Å². The third kappa shape index (κ3) is 4.33. The number of hydrogen-bond acceptors (Lipinski definition) is 5. The maximum Gasteiger partial charge on any atom is 0.127 e. The molecule has 1 aliphatic heterocycles. The Bertz CT molecular complexity index is 453. The average molecular weight is 294 g/mol. The molecule has 2 unspecified atom stereocenters. The van der Waals surface area contributed by atoms with Crippen LogP contribution in [0.25, 0.3) is 0 Å². The Balaban J connectivity index is 2.06. The molecule has 2 rings (SSSR count). The van der Waals surface area contributed by atoms with Crippen LogP contribution < -0.4 is 15.2 Å². The van der Waals surface area contributed by atoms with E-state index in [9.17, 15) is 0 Å². The van der Waals surface area contributed by atoms with Gasteiger partial charge in [-0.3, -0.25) is 4.90 Å². The lowest BCUT2D eigenvalue weighted by molar-refractivity contribution is 0.0670. The smallest absolute Gasteiger partial charge is 0.127 e. The fourth-order valence-electron chi connectivity index (χ4n) is 2.75. The van der Waals surface area contributed by atoms with Gasteiger partial charge in [0.15, 0.2) is 0 Å². The van der Waals surface area contributed by atoms with Gasteiger partial charge in [0.25, 0.3) is 0 Å². The van der Waals surface area contributed by atoms with Crippen LogP contribution in [0.15, 0.2) is 18.2 Å². The van der Waals surface area contributed by atoms with Crippen molar-refractivity contribution in [1.29, 1.82) is 0 Å². The van der Waals surface area contributed by atoms with E-state index in [0.29, 0.717) is 0 Å². The molecule has 5 heteroatoms. The van der Waals surface area contributed by atoms with E-state index < -0.39 is 0 Å². The quantitative estimate of drug-likeness (QED) is 0.897. The largest absolute Gasteiger partial charge is 0.497 e. The second kappa shape index (κ2) is 7.64. The molecule has 0 bridgehead atoms. The number of nitrogens with two attached hydrogens (primary N) is 1. The van der Waals surface area contributed by atoms with Gasteiger partial charge < -0.3 is 19.9 Å². The number of methoxy groups -OCH3 is 2. The summed E-state index contributed by atoms with van der Waals surface area (Å²) < 4.78 is 16.3. The van der Waals surface area contributed by atoms with E-state index >= 15 is 0 Å². The van der Waals surface area contributed by atoms with Gasteiger partial charge in [-0.25, -0.2) is 0 Å². The summed E-state index contributed by atoms with van der Waals surface area (Å²) in [6.07, 6.45) is 1.31. The highest BCUT2D eigenvalue weighted by Gasteiger charge is 2.20. The molecule has 21 heavy (non-hydrogen) atoms. The van der Waals surface area contributed by atoms with E-state index in [1.165, 1.54) is 0 Å². The predicted molar refractivity (Wildman–Crippen MR) is 82.9 cm³/mol. The molecule has 0 amide bonds. The average Bonchev–Trinajstić information content (AvgIpc) is 2.70. The highest BCUT2D eigenvalue weighted by atomic mass is 16.5. The van der Waals surface area contributed by atoms with Crippen molar-refractivity contribution in [2.24, 2.45) is 5.73 Å². The van der Waals surface area contributed by atoms with Crippen LogP contribution >= 0.6 is 0 Å². The first kappa shape index (κ1) is 16.1. The second-order valence-electron chi connectivity index (χ2n) is 5.51. The molecule has 5 nitrogen and oxygen atoms in total. The SMILES string of the molecule is COc1ccc(C(N)CN2CCCOC(C)C2)c(OC)c1. The minimum absolute atomic E-state index is 0.0869. The molecule has 1 heterocycles. The number of ether oxygens (including phenoxy) is 3. The number of nitrogens with zero attached hydrogens (tertiary/aromatic N) is 1. The van der Waals surface area contributed by atoms with Crippen molar-refractivity contribution in [2.75, 3.05) is 40.5 Å². The third-order valence-electron chi connectivity index (χ3n) is 3.83. The Morgan fingerprint density at radius 1 is 1.38 bits per heavy atom. The summed E-state index contributed by atoms with van der Waals surface area (Å²) in [6, 6.07) is 5.70. The van der Waals surface area contributed by atoms with Gasteiger partial charge >= 0.3 is 0 Å². The van der Waals surface area contributed by atoms with Crippen molar-refractivity contribution in [3.63, 3.8) is 0 Å². The zero-order chi connectivity index (χ0) is 15.2. The van der Waals surface area contributed by atoms with Crippen molar-refractivity contribution >= 4 is 0 Å². The minimum atomic E-state index is -0.0869. The second-order valence-corrected chi connectivity index (χ2v) is 5.51. The van der Waals surface area contributed by atoms with Crippen molar-refractivity contribution in [1.82, 2.24) is 4.90 Å². The van der Waals surface area contributed by atoms with Crippen molar-refractivity contribution in [3.05, 3.63) is 23.8 Å². The Labute approximate surface area is 127 Å². The highest BCUT2D eigenvalue weighted by Crippen LogP contribution is 2.29. The van der Waals surface area contributed by atoms with E-state index in [-0.39, 0.29) is 12.1 Å². The van der Waals surface area contributed by atoms with Gasteiger partial charge in [-0.2, -0.15) is 0 Å². The van der Waals surface area contributed by atoms with Crippen LogP contribution in [-0.2, 0) is 4.74 Å². The maximum absolute atomic E-state index is 6.39. The van der Waals surface area contributed by atoms with Crippen LogP contribution in [0.3, 0.4) is 0 Å². The number of hydrogen-bond donors (Lipinski definition) is 1. The Hall–Kier alpha value is -1.30. The fraction of sp³-hybridized carbons (Fsp3) is 0.625. The molecule has 1 aliphatic rings. The Morgan fingerprint density at radius 2 is 2.19 bits per heavy atom. The lowest BCUT2D eigenvalue weighted by atomic mass is 10.1. The first-order valence-corrected chi connectivity index (χ1v) is 7.45. The van der Waals surface area contributed by atoms with Crippen LogP contribution in [0.5, 0.6) is 11.5 Å². The summed E-state index contributed by atoms with van der Waals surface area (Å²) in [5.74, 6) is 1.56. The first-order valence-electron chi connectivity index (χ1n) is 7.45. The van der Waals surface area contributed by atoms with Crippen LogP contribution in [0.1, 0.15) is 24.9 Å². The molecule has 0 spiro atoms. The summed E-state index contributed by atoms with van der Waals surface area (Å²) in [6.45, 7) is 5.69. The summed E-state index contributed by atoms with van der Waals surface area (Å²) >= 11 is 0. The van der Waals surface area contributed by atoms with Gasteiger partial charge in [0.2, 0.25) is 0 Å². The molecule has 1 aromatic carbocycles. The van der Waals surface area contributed by atoms with Crippen LogP contribution in [0, 0.1) is 0 Å². The van der Waals surface area contributed by atoms with Crippen LogP contribution in [0.4, 0.5) is 0 Å².